The van der Waals surface area contributed by atoms with Gasteiger partial charge in [0.25, 0.3) is 0 Å². The Hall–Kier alpha value is -0.960. The Bertz CT molecular complexity index is 581. The van der Waals surface area contributed by atoms with Gasteiger partial charge in [0.2, 0.25) is 0 Å². The highest BCUT2D eigenvalue weighted by Crippen LogP contribution is 2.34. The molecule has 0 amide bonds. The Kier molecular flexibility index (Phi) is 4.56. The average Bonchev–Trinajstić information content (AvgIpc) is 2.36. The Morgan fingerprint density at radius 3 is 2.16 bits per heavy atom. The molecule has 0 bridgehead atoms. The van der Waals surface area contributed by atoms with E-state index < -0.39 is 11.2 Å². The first kappa shape index (κ1) is 14.4. The fourth-order valence-electron chi connectivity index (χ4n) is 1.75. The number of rotatable bonds is 3. The van der Waals surface area contributed by atoms with E-state index in [0.717, 1.165) is 0 Å². The van der Waals surface area contributed by atoms with E-state index in [9.17, 15) is 4.39 Å². The zero-order valence-electron chi connectivity index (χ0n) is 9.96. The van der Waals surface area contributed by atoms with Crippen molar-refractivity contribution in [3.05, 3.63) is 63.4 Å². The Labute approximate surface area is 125 Å². The van der Waals surface area contributed by atoms with E-state index in [-0.39, 0.29) is 5.75 Å². The van der Waals surface area contributed by atoms with Crippen molar-refractivity contribution in [1.29, 1.82) is 0 Å². The van der Waals surface area contributed by atoms with Crippen molar-refractivity contribution >= 4 is 34.8 Å². The van der Waals surface area contributed by atoms with Gasteiger partial charge in [-0.2, -0.15) is 0 Å². The maximum absolute atomic E-state index is 13.6. The van der Waals surface area contributed by atoms with Crippen LogP contribution in [0.5, 0.6) is 5.75 Å². The lowest BCUT2D eigenvalue weighted by molar-refractivity contribution is 0.386. The molecule has 0 radical (unpaired) electrons. The molecule has 2 aromatic rings. The van der Waals surface area contributed by atoms with Gasteiger partial charge in [-0.15, -0.1) is 11.6 Å². The Morgan fingerprint density at radius 2 is 1.63 bits per heavy atom. The van der Waals surface area contributed by atoms with Crippen LogP contribution in [-0.2, 0) is 0 Å². The first-order chi connectivity index (χ1) is 9.01. The van der Waals surface area contributed by atoms with Crippen molar-refractivity contribution in [3.8, 4) is 5.75 Å². The third-order valence-electron chi connectivity index (χ3n) is 2.65. The second kappa shape index (κ2) is 6.00. The number of ether oxygens (including phenoxy) is 1. The first-order valence-corrected chi connectivity index (χ1v) is 6.64. The van der Waals surface area contributed by atoms with Crippen LogP contribution in [0.3, 0.4) is 0 Å². The van der Waals surface area contributed by atoms with Gasteiger partial charge < -0.3 is 4.74 Å². The maximum Gasteiger partial charge on any atom is 0.165 e. The van der Waals surface area contributed by atoms with Crippen molar-refractivity contribution in [3.63, 3.8) is 0 Å². The highest BCUT2D eigenvalue weighted by molar-refractivity contribution is 6.35. The molecule has 0 heterocycles. The van der Waals surface area contributed by atoms with Crippen LogP contribution in [0.25, 0.3) is 0 Å². The summed E-state index contributed by atoms with van der Waals surface area (Å²) in [5, 5.41) is 0.445. The van der Waals surface area contributed by atoms with E-state index in [2.05, 4.69) is 0 Å². The summed E-state index contributed by atoms with van der Waals surface area (Å²) in [6, 6.07) is 9.59. The summed E-state index contributed by atoms with van der Waals surface area (Å²) in [5.74, 6) is -0.282. The number of hydrogen-bond acceptors (Lipinski definition) is 1. The van der Waals surface area contributed by atoms with E-state index in [1.54, 1.807) is 24.3 Å². The normalized spacial score (nSPS) is 12.3. The molecule has 0 spiro atoms. The summed E-state index contributed by atoms with van der Waals surface area (Å²) in [6.07, 6.45) is 0. The second-order valence-electron chi connectivity index (χ2n) is 3.96. The van der Waals surface area contributed by atoms with E-state index in [4.69, 9.17) is 39.5 Å². The smallest absolute Gasteiger partial charge is 0.165 e. The molecule has 0 N–H and O–H groups in total. The molecular formula is C14H10Cl3FO. The molecule has 2 aromatic carbocycles. The highest BCUT2D eigenvalue weighted by Gasteiger charge is 2.14. The van der Waals surface area contributed by atoms with Gasteiger partial charge in [0, 0.05) is 10.0 Å². The molecule has 0 fully saturated rings. The molecule has 2 rings (SSSR count). The van der Waals surface area contributed by atoms with Gasteiger partial charge in [-0.05, 0) is 41.5 Å². The molecule has 0 aromatic heterocycles. The first-order valence-electron chi connectivity index (χ1n) is 5.44. The standard InChI is InChI=1S/C14H10Cl3FO/c1-19-13-3-2-8(6-12(13)18)14(17)9-4-10(15)7-11(16)5-9/h2-7,14H,1H3. The summed E-state index contributed by atoms with van der Waals surface area (Å²) in [4.78, 5) is 0. The van der Waals surface area contributed by atoms with Crippen LogP contribution >= 0.6 is 34.8 Å². The van der Waals surface area contributed by atoms with Crippen molar-refractivity contribution in [2.75, 3.05) is 7.11 Å². The molecule has 19 heavy (non-hydrogen) atoms. The fourth-order valence-corrected chi connectivity index (χ4v) is 2.56. The van der Waals surface area contributed by atoms with E-state index in [1.807, 2.05) is 0 Å². The predicted octanol–water partition coefficient (Wildman–Crippen LogP) is 5.47. The summed E-state index contributed by atoms with van der Waals surface area (Å²) in [6.45, 7) is 0. The van der Waals surface area contributed by atoms with Crippen LogP contribution in [0.1, 0.15) is 16.5 Å². The van der Waals surface area contributed by atoms with Crippen LogP contribution in [0.4, 0.5) is 4.39 Å². The van der Waals surface area contributed by atoms with E-state index in [1.165, 1.54) is 19.2 Å². The largest absolute Gasteiger partial charge is 0.494 e. The Morgan fingerprint density at radius 1 is 1.00 bits per heavy atom. The van der Waals surface area contributed by atoms with Crippen LogP contribution < -0.4 is 4.74 Å². The predicted molar refractivity (Wildman–Crippen MR) is 77.1 cm³/mol. The van der Waals surface area contributed by atoms with Gasteiger partial charge in [-0.1, -0.05) is 29.3 Å². The van der Waals surface area contributed by atoms with Crippen LogP contribution in [0.2, 0.25) is 10.0 Å². The lowest BCUT2D eigenvalue weighted by Gasteiger charge is -2.12. The van der Waals surface area contributed by atoms with Crippen LogP contribution in [-0.4, -0.2) is 7.11 Å². The second-order valence-corrected chi connectivity index (χ2v) is 5.27. The number of halogens is 4. The third-order valence-corrected chi connectivity index (χ3v) is 3.59. The third kappa shape index (κ3) is 3.33. The van der Waals surface area contributed by atoms with Gasteiger partial charge >= 0.3 is 0 Å². The quantitative estimate of drug-likeness (QED) is 0.682. The topological polar surface area (TPSA) is 9.23 Å². The fraction of sp³-hybridized carbons (Fsp3) is 0.143. The Balaban J connectivity index is 2.38. The minimum atomic E-state index is -0.531. The van der Waals surface area contributed by atoms with E-state index in [0.29, 0.717) is 21.2 Å². The summed E-state index contributed by atoms with van der Waals surface area (Å²) in [7, 11) is 1.41. The molecule has 1 nitrogen and oxygen atoms in total. The number of methoxy groups -OCH3 is 1. The number of benzene rings is 2. The molecular weight excluding hydrogens is 310 g/mol. The lowest BCUT2D eigenvalue weighted by Crippen LogP contribution is -1.96. The van der Waals surface area contributed by atoms with Crippen molar-refractivity contribution < 1.29 is 9.13 Å². The lowest BCUT2D eigenvalue weighted by atomic mass is 10.0. The molecule has 0 saturated heterocycles. The van der Waals surface area contributed by atoms with Gasteiger partial charge in [0.15, 0.2) is 11.6 Å². The van der Waals surface area contributed by atoms with E-state index >= 15 is 0 Å². The molecule has 1 unspecified atom stereocenters. The maximum atomic E-state index is 13.6. The van der Waals surface area contributed by atoms with Gasteiger partial charge in [0.05, 0.1) is 12.5 Å². The minimum absolute atomic E-state index is 0.178. The monoisotopic (exact) mass is 318 g/mol. The molecule has 5 heteroatoms. The van der Waals surface area contributed by atoms with Gasteiger partial charge in [-0.3, -0.25) is 0 Å². The molecule has 0 aliphatic heterocycles. The number of alkyl halides is 1. The molecule has 100 valence electrons. The zero-order valence-corrected chi connectivity index (χ0v) is 12.2. The number of hydrogen-bond donors (Lipinski definition) is 0. The van der Waals surface area contributed by atoms with Crippen LogP contribution in [0.15, 0.2) is 36.4 Å². The summed E-state index contributed by atoms with van der Waals surface area (Å²) >= 11 is 18.2. The molecule has 0 aliphatic carbocycles. The zero-order chi connectivity index (χ0) is 14.0. The average molecular weight is 320 g/mol. The van der Waals surface area contributed by atoms with Crippen molar-refractivity contribution in [2.45, 2.75) is 5.38 Å². The minimum Gasteiger partial charge on any atom is -0.494 e. The van der Waals surface area contributed by atoms with Crippen molar-refractivity contribution in [2.24, 2.45) is 0 Å². The van der Waals surface area contributed by atoms with Crippen molar-refractivity contribution in [1.82, 2.24) is 0 Å². The molecule has 0 aliphatic rings. The summed E-state index contributed by atoms with van der Waals surface area (Å²) in [5.41, 5.74) is 1.32. The summed E-state index contributed by atoms with van der Waals surface area (Å²) < 4.78 is 18.5. The SMILES string of the molecule is COc1ccc(C(Cl)c2cc(Cl)cc(Cl)c2)cc1F. The highest BCUT2D eigenvalue weighted by atomic mass is 35.5. The molecule has 0 saturated carbocycles. The van der Waals surface area contributed by atoms with Gasteiger partial charge in [0.1, 0.15) is 0 Å². The van der Waals surface area contributed by atoms with Crippen LogP contribution in [0, 0.1) is 5.82 Å². The molecule has 1 atom stereocenters. The van der Waals surface area contributed by atoms with Gasteiger partial charge in [-0.25, -0.2) is 4.39 Å².